The third kappa shape index (κ3) is 5.75. The van der Waals surface area contributed by atoms with Crippen molar-refractivity contribution in [3.63, 3.8) is 0 Å². The van der Waals surface area contributed by atoms with Crippen LogP contribution in [-0.4, -0.2) is 18.4 Å². The number of sulfonamides is 1. The zero-order valence-electron chi connectivity index (χ0n) is 21.7. The molecule has 0 saturated carbocycles. The highest BCUT2D eigenvalue weighted by molar-refractivity contribution is 7.92. The van der Waals surface area contributed by atoms with Crippen LogP contribution < -0.4 is 15.2 Å². The maximum Gasteiger partial charge on any atom is 0.264 e. The average molecular weight is 517 g/mol. The molecule has 4 aromatic rings. The van der Waals surface area contributed by atoms with Gasteiger partial charge in [0.25, 0.3) is 10.0 Å². The molecule has 3 N–H and O–H groups in total. The van der Waals surface area contributed by atoms with Gasteiger partial charge in [-0.3, -0.25) is 0 Å². The molecule has 37 heavy (non-hydrogen) atoms. The third-order valence-electron chi connectivity index (χ3n) is 6.02. The summed E-state index contributed by atoms with van der Waals surface area (Å²) in [6, 6.07) is 21.7. The standard InChI is InChI=1S/C29H32N4O3S/c1-18(2)23-14-7-8-15-24(23)27-26(19(3)4)28(36-25-16-9-6-11-20(25)5)32-29(31-27)33-37(34,35)22-13-10-12-21(30)17-22/h6-19H,30H2,1-5H3,(H,31,32,33). The fraction of sp³-hybridized carbons (Fsp3) is 0.241. The van der Waals surface area contributed by atoms with Crippen LogP contribution in [0.5, 0.6) is 11.6 Å². The lowest BCUT2D eigenvalue weighted by Crippen LogP contribution is -2.17. The molecule has 192 valence electrons. The summed E-state index contributed by atoms with van der Waals surface area (Å²) in [4.78, 5) is 9.34. The normalized spacial score (nSPS) is 11.6. The number of nitrogen functional groups attached to an aromatic ring is 1. The molecular weight excluding hydrogens is 484 g/mol. The number of aryl methyl sites for hydroxylation is 1. The van der Waals surface area contributed by atoms with E-state index in [1.807, 2.05) is 63.2 Å². The highest BCUT2D eigenvalue weighted by Gasteiger charge is 2.25. The van der Waals surface area contributed by atoms with Crippen molar-refractivity contribution in [2.45, 2.75) is 51.3 Å². The second kappa shape index (κ2) is 10.6. The zero-order chi connectivity index (χ0) is 26.7. The lowest BCUT2D eigenvalue weighted by Gasteiger charge is -2.21. The predicted molar refractivity (Wildman–Crippen MR) is 149 cm³/mol. The Bertz CT molecular complexity index is 1530. The van der Waals surface area contributed by atoms with E-state index in [0.29, 0.717) is 23.0 Å². The maximum atomic E-state index is 13.2. The van der Waals surface area contributed by atoms with Crippen molar-refractivity contribution in [2.24, 2.45) is 0 Å². The first kappa shape index (κ1) is 26.2. The highest BCUT2D eigenvalue weighted by Crippen LogP contribution is 2.40. The Morgan fingerprint density at radius 1 is 0.865 bits per heavy atom. The van der Waals surface area contributed by atoms with Crippen molar-refractivity contribution in [3.8, 4) is 22.9 Å². The van der Waals surface area contributed by atoms with E-state index in [-0.39, 0.29) is 22.7 Å². The van der Waals surface area contributed by atoms with Crippen molar-refractivity contribution in [3.05, 3.63) is 89.5 Å². The summed E-state index contributed by atoms with van der Waals surface area (Å²) in [7, 11) is -4.00. The van der Waals surface area contributed by atoms with E-state index in [1.54, 1.807) is 12.1 Å². The number of nitrogens with one attached hydrogen (secondary N) is 1. The number of benzene rings is 3. The summed E-state index contributed by atoms with van der Waals surface area (Å²) in [6.07, 6.45) is 0. The number of hydrogen-bond acceptors (Lipinski definition) is 6. The summed E-state index contributed by atoms with van der Waals surface area (Å²) in [5.74, 6) is 1.08. The monoisotopic (exact) mass is 516 g/mol. The third-order valence-corrected chi connectivity index (χ3v) is 7.35. The van der Waals surface area contributed by atoms with Gasteiger partial charge < -0.3 is 10.5 Å². The molecule has 1 heterocycles. The minimum absolute atomic E-state index is 0.00573. The van der Waals surface area contributed by atoms with Gasteiger partial charge in [0.15, 0.2) is 0 Å². The molecule has 4 rings (SSSR count). The van der Waals surface area contributed by atoms with Gasteiger partial charge >= 0.3 is 0 Å². The minimum atomic E-state index is -4.00. The quantitative estimate of drug-likeness (QED) is 0.247. The summed E-state index contributed by atoms with van der Waals surface area (Å²) in [5.41, 5.74) is 10.5. The van der Waals surface area contributed by atoms with Crippen LogP contribution in [0.25, 0.3) is 11.3 Å². The molecule has 0 unspecified atom stereocenters. The summed E-state index contributed by atoms with van der Waals surface area (Å²) in [5, 5.41) is 0. The van der Waals surface area contributed by atoms with E-state index >= 15 is 0 Å². The number of rotatable bonds is 8. The van der Waals surface area contributed by atoms with Crippen molar-refractivity contribution >= 4 is 21.7 Å². The van der Waals surface area contributed by atoms with E-state index in [0.717, 1.165) is 22.3 Å². The fourth-order valence-electron chi connectivity index (χ4n) is 4.15. The Balaban J connectivity index is 1.94. The van der Waals surface area contributed by atoms with Crippen LogP contribution in [0.3, 0.4) is 0 Å². The minimum Gasteiger partial charge on any atom is -0.438 e. The van der Waals surface area contributed by atoms with E-state index in [1.165, 1.54) is 12.1 Å². The van der Waals surface area contributed by atoms with Crippen LogP contribution in [0.15, 0.2) is 77.7 Å². The first-order valence-electron chi connectivity index (χ1n) is 12.2. The van der Waals surface area contributed by atoms with Gasteiger partial charge in [-0.2, -0.15) is 4.98 Å². The Kier molecular flexibility index (Phi) is 7.50. The molecule has 0 aliphatic heterocycles. The van der Waals surface area contributed by atoms with E-state index in [4.69, 9.17) is 15.5 Å². The molecular formula is C29H32N4O3S. The Labute approximate surface area is 218 Å². The van der Waals surface area contributed by atoms with Crippen LogP contribution in [0.1, 0.15) is 56.2 Å². The second-order valence-corrected chi connectivity index (χ2v) is 11.2. The largest absolute Gasteiger partial charge is 0.438 e. The molecule has 0 aliphatic rings. The van der Waals surface area contributed by atoms with Gasteiger partial charge in [0, 0.05) is 16.8 Å². The number of hydrogen-bond donors (Lipinski definition) is 2. The lowest BCUT2D eigenvalue weighted by molar-refractivity contribution is 0.449. The van der Waals surface area contributed by atoms with E-state index in [2.05, 4.69) is 29.6 Å². The number of para-hydroxylation sites is 1. The van der Waals surface area contributed by atoms with Gasteiger partial charge in [-0.05, 0) is 54.2 Å². The van der Waals surface area contributed by atoms with Gasteiger partial charge in [0.1, 0.15) is 5.75 Å². The van der Waals surface area contributed by atoms with Crippen LogP contribution in [0.4, 0.5) is 11.6 Å². The summed E-state index contributed by atoms with van der Waals surface area (Å²) >= 11 is 0. The molecule has 0 atom stereocenters. The maximum absolute atomic E-state index is 13.2. The Morgan fingerprint density at radius 2 is 1.57 bits per heavy atom. The van der Waals surface area contributed by atoms with Gasteiger partial charge in [-0.15, -0.1) is 0 Å². The summed E-state index contributed by atoms with van der Waals surface area (Å²) < 4.78 is 35.3. The molecule has 0 fully saturated rings. The number of anilines is 2. The van der Waals surface area contributed by atoms with Crippen LogP contribution >= 0.6 is 0 Å². The zero-order valence-corrected chi connectivity index (χ0v) is 22.5. The van der Waals surface area contributed by atoms with Crippen LogP contribution in [0, 0.1) is 6.92 Å². The molecule has 0 amide bonds. The highest BCUT2D eigenvalue weighted by atomic mass is 32.2. The molecule has 0 aliphatic carbocycles. The number of ether oxygens (including phenoxy) is 1. The number of aromatic nitrogens is 2. The Morgan fingerprint density at radius 3 is 2.24 bits per heavy atom. The molecule has 1 aromatic heterocycles. The topological polar surface area (TPSA) is 107 Å². The molecule has 7 nitrogen and oxygen atoms in total. The SMILES string of the molecule is Cc1ccccc1Oc1nc(NS(=O)(=O)c2cccc(N)c2)nc(-c2ccccc2C(C)C)c1C(C)C. The first-order chi connectivity index (χ1) is 17.6. The Hall–Kier alpha value is -3.91. The number of nitrogens with zero attached hydrogens (tertiary/aromatic N) is 2. The van der Waals surface area contributed by atoms with E-state index < -0.39 is 10.0 Å². The van der Waals surface area contributed by atoms with Crippen LogP contribution in [-0.2, 0) is 10.0 Å². The fourth-order valence-corrected chi connectivity index (χ4v) is 5.15. The van der Waals surface area contributed by atoms with Crippen molar-refractivity contribution in [1.29, 1.82) is 0 Å². The second-order valence-electron chi connectivity index (χ2n) is 9.56. The van der Waals surface area contributed by atoms with Crippen LogP contribution in [0.2, 0.25) is 0 Å². The first-order valence-corrected chi connectivity index (χ1v) is 13.7. The average Bonchev–Trinajstić information content (AvgIpc) is 2.84. The van der Waals surface area contributed by atoms with Gasteiger partial charge in [0.05, 0.1) is 10.6 Å². The molecule has 0 saturated heterocycles. The van der Waals surface area contributed by atoms with Crippen molar-refractivity contribution in [1.82, 2.24) is 9.97 Å². The lowest BCUT2D eigenvalue weighted by atomic mass is 9.91. The molecule has 3 aromatic carbocycles. The van der Waals surface area contributed by atoms with Gasteiger partial charge in [-0.1, -0.05) is 76.2 Å². The molecule has 8 heteroatoms. The smallest absolute Gasteiger partial charge is 0.264 e. The molecule has 0 radical (unpaired) electrons. The van der Waals surface area contributed by atoms with Crippen molar-refractivity contribution in [2.75, 3.05) is 10.5 Å². The number of nitrogens with two attached hydrogens (primary N) is 1. The molecule has 0 bridgehead atoms. The molecule has 0 spiro atoms. The summed E-state index contributed by atoms with van der Waals surface area (Å²) in [6.45, 7) is 10.3. The van der Waals surface area contributed by atoms with Crippen molar-refractivity contribution < 1.29 is 13.2 Å². The van der Waals surface area contributed by atoms with Gasteiger partial charge in [-0.25, -0.2) is 18.1 Å². The van der Waals surface area contributed by atoms with Gasteiger partial charge in [0.2, 0.25) is 11.8 Å². The predicted octanol–water partition coefficient (Wildman–Crippen LogP) is 6.87. The van der Waals surface area contributed by atoms with E-state index in [9.17, 15) is 8.42 Å².